The Morgan fingerprint density at radius 1 is 1.29 bits per heavy atom. The topological polar surface area (TPSA) is 21.3 Å². The third-order valence-electron chi connectivity index (χ3n) is 2.02. The largest absolute Gasteiger partial charge is 0.380 e. The van der Waals surface area contributed by atoms with Crippen molar-refractivity contribution in [2.75, 3.05) is 26.3 Å². The summed E-state index contributed by atoms with van der Waals surface area (Å²) in [6.45, 7) is 11.9. The van der Waals surface area contributed by atoms with E-state index in [0.29, 0.717) is 0 Å². The van der Waals surface area contributed by atoms with Crippen LogP contribution in [0.25, 0.3) is 0 Å². The van der Waals surface area contributed by atoms with Crippen LogP contribution in [0.5, 0.6) is 0 Å². The first-order valence-corrected chi connectivity index (χ1v) is 5.66. The standard InChI is InChI=1S/C12H25NO/c1-4-5-6-10-14-11-9-13-8-7-12(2)3/h4,12-13H,1,5-11H2,2-3H3. The first-order chi connectivity index (χ1) is 6.77. The highest BCUT2D eigenvalue weighted by Gasteiger charge is 1.92. The van der Waals surface area contributed by atoms with Crippen molar-refractivity contribution in [3.05, 3.63) is 12.7 Å². The van der Waals surface area contributed by atoms with Crippen LogP contribution in [0.4, 0.5) is 0 Å². The second-order valence-electron chi connectivity index (χ2n) is 3.98. The van der Waals surface area contributed by atoms with Gasteiger partial charge in [0.2, 0.25) is 0 Å². The summed E-state index contributed by atoms with van der Waals surface area (Å²) in [5, 5.41) is 3.36. The second-order valence-corrected chi connectivity index (χ2v) is 3.98. The smallest absolute Gasteiger partial charge is 0.0590 e. The molecule has 0 rings (SSSR count). The summed E-state index contributed by atoms with van der Waals surface area (Å²) in [4.78, 5) is 0. The van der Waals surface area contributed by atoms with Gasteiger partial charge in [0, 0.05) is 13.2 Å². The highest BCUT2D eigenvalue weighted by molar-refractivity contribution is 4.64. The minimum Gasteiger partial charge on any atom is -0.380 e. The van der Waals surface area contributed by atoms with E-state index >= 15 is 0 Å². The van der Waals surface area contributed by atoms with Gasteiger partial charge in [0.25, 0.3) is 0 Å². The van der Waals surface area contributed by atoms with Gasteiger partial charge in [0.05, 0.1) is 6.61 Å². The average Bonchev–Trinajstić information content (AvgIpc) is 2.15. The third-order valence-corrected chi connectivity index (χ3v) is 2.02. The Labute approximate surface area is 88.7 Å². The van der Waals surface area contributed by atoms with Crippen molar-refractivity contribution in [2.45, 2.75) is 33.1 Å². The summed E-state index contributed by atoms with van der Waals surface area (Å²) < 4.78 is 5.43. The molecule has 2 heteroatoms. The van der Waals surface area contributed by atoms with E-state index in [9.17, 15) is 0 Å². The highest BCUT2D eigenvalue weighted by Crippen LogP contribution is 1.95. The van der Waals surface area contributed by atoms with Crippen molar-refractivity contribution in [3.8, 4) is 0 Å². The van der Waals surface area contributed by atoms with Gasteiger partial charge < -0.3 is 10.1 Å². The second kappa shape index (κ2) is 10.7. The lowest BCUT2D eigenvalue weighted by atomic mass is 10.1. The molecule has 14 heavy (non-hydrogen) atoms. The number of allylic oxidation sites excluding steroid dienone is 1. The van der Waals surface area contributed by atoms with Gasteiger partial charge in [0.1, 0.15) is 0 Å². The van der Waals surface area contributed by atoms with Crippen LogP contribution >= 0.6 is 0 Å². The number of rotatable bonds is 10. The average molecular weight is 199 g/mol. The molecule has 0 bridgehead atoms. The van der Waals surface area contributed by atoms with E-state index in [-0.39, 0.29) is 0 Å². The zero-order chi connectivity index (χ0) is 10.6. The third kappa shape index (κ3) is 11.7. The Balaban J connectivity index is 2.88. The minimum atomic E-state index is 0.788. The molecule has 0 aliphatic rings. The Hall–Kier alpha value is -0.340. The SMILES string of the molecule is C=CCCCOCCNCCC(C)C. The Bertz CT molecular complexity index is 123. The summed E-state index contributed by atoms with van der Waals surface area (Å²) in [6.07, 6.45) is 5.33. The van der Waals surface area contributed by atoms with Crippen LogP contribution in [0.3, 0.4) is 0 Å². The molecule has 1 N–H and O–H groups in total. The molecule has 0 aliphatic heterocycles. The molecule has 2 nitrogen and oxygen atoms in total. The van der Waals surface area contributed by atoms with Crippen LogP contribution in [-0.2, 0) is 4.74 Å². The van der Waals surface area contributed by atoms with E-state index in [0.717, 1.165) is 45.1 Å². The van der Waals surface area contributed by atoms with Crippen molar-refractivity contribution < 1.29 is 4.74 Å². The lowest BCUT2D eigenvalue weighted by Gasteiger charge is -2.07. The summed E-state index contributed by atoms with van der Waals surface area (Å²) in [5.74, 6) is 0.788. The van der Waals surface area contributed by atoms with E-state index in [4.69, 9.17) is 4.74 Å². The van der Waals surface area contributed by atoms with E-state index in [2.05, 4.69) is 25.7 Å². The summed E-state index contributed by atoms with van der Waals surface area (Å²) in [5.41, 5.74) is 0. The van der Waals surface area contributed by atoms with E-state index in [1.807, 2.05) is 6.08 Å². The van der Waals surface area contributed by atoms with Crippen LogP contribution in [0.1, 0.15) is 33.1 Å². The van der Waals surface area contributed by atoms with Crippen LogP contribution in [0.15, 0.2) is 12.7 Å². The van der Waals surface area contributed by atoms with Crippen molar-refractivity contribution in [1.29, 1.82) is 0 Å². The van der Waals surface area contributed by atoms with Gasteiger partial charge in [0.15, 0.2) is 0 Å². The number of hydrogen-bond donors (Lipinski definition) is 1. The van der Waals surface area contributed by atoms with Gasteiger partial charge in [-0.1, -0.05) is 19.9 Å². The molecular weight excluding hydrogens is 174 g/mol. The molecular formula is C12H25NO. The Morgan fingerprint density at radius 2 is 2.07 bits per heavy atom. The van der Waals surface area contributed by atoms with Crippen molar-refractivity contribution in [3.63, 3.8) is 0 Å². The molecule has 0 atom stereocenters. The predicted molar refractivity (Wildman–Crippen MR) is 62.6 cm³/mol. The number of hydrogen-bond acceptors (Lipinski definition) is 2. The van der Waals surface area contributed by atoms with Crippen LogP contribution in [-0.4, -0.2) is 26.3 Å². The maximum Gasteiger partial charge on any atom is 0.0590 e. The van der Waals surface area contributed by atoms with Crippen molar-refractivity contribution in [2.24, 2.45) is 5.92 Å². The molecule has 0 aromatic rings. The van der Waals surface area contributed by atoms with Crippen LogP contribution in [0.2, 0.25) is 0 Å². The molecule has 0 amide bonds. The lowest BCUT2D eigenvalue weighted by molar-refractivity contribution is 0.134. The lowest BCUT2D eigenvalue weighted by Crippen LogP contribution is -2.22. The zero-order valence-electron chi connectivity index (χ0n) is 9.72. The summed E-state index contributed by atoms with van der Waals surface area (Å²) in [6, 6.07) is 0. The number of nitrogens with one attached hydrogen (secondary N) is 1. The monoisotopic (exact) mass is 199 g/mol. The first kappa shape index (κ1) is 13.7. The molecule has 0 unspecified atom stereocenters. The molecule has 0 fully saturated rings. The number of ether oxygens (including phenoxy) is 1. The van der Waals surface area contributed by atoms with Crippen LogP contribution < -0.4 is 5.32 Å². The summed E-state index contributed by atoms with van der Waals surface area (Å²) >= 11 is 0. The van der Waals surface area contributed by atoms with Gasteiger partial charge in [-0.05, 0) is 31.7 Å². The predicted octanol–water partition coefficient (Wildman–Crippen LogP) is 2.60. The Morgan fingerprint density at radius 3 is 2.71 bits per heavy atom. The molecule has 84 valence electrons. The molecule has 0 spiro atoms. The fraction of sp³-hybridized carbons (Fsp3) is 0.833. The fourth-order valence-corrected chi connectivity index (χ4v) is 1.09. The highest BCUT2D eigenvalue weighted by atomic mass is 16.5. The van der Waals surface area contributed by atoms with E-state index in [1.165, 1.54) is 6.42 Å². The van der Waals surface area contributed by atoms with Gasteiger partial charge in [-0.25, -0.2) is 0 Å². The molecule has 0 aliphatic carbocycles. The van der Waals surface area contributed by atoms with Crippen molar-refractivity contribution >= 4 is 0 Å². The van der Waals surface area contributed by atoms with Crippen molar-refractivity contribution in [1.82, 2.24) is 5.32 Å². The first-order valence-electron chi connectivity index (χ1n) is 5.66. The molecule has 0 aromatic heterocycles. The van der Waals surface area contributed by atoms with E-state index < -0.39 is 0 Å². The molecule has 0 saturated heterocycles. The summed E-state index contributed by atoms with van der Waals surface area (Å²) in [7, 11) is 0. The molecule has 0 aromatic carbocycles. The Kier molecular flexibility index (Phi) is 10.5. The normalized spacial score (nSPS) is 10.8. The molecule has 0 heterocycles. The molecule has 0 radical (unpaired) electrons. The van der Waals surface area contributed by atoms with Gasteiger partial charge in [-0.15, -0.1) is 6.58 Å². The zero-order valence-corrected chi connectivity index (χ0v) is 9.72. The van der Waals surface area contributed by atoms with Gasteiger partial charge in [-0.3, -0.25) is 0 Å². The number of unbranched alkanes of at least 4 members (excludes halogenated alkanes) is 1. The minimum absolute atomic E-state index is 0.788. The quantitative estimate of drug-likeness (QED) is 0.431. The van der Waals surface area contributed by atoms with Crippen LogP contribution in [0, 0.1) is 5.92 Å². The van der Waals surface area contributed by atoms with Gasteiger partial charge in [-0.2, -0.15) is 0 Å². The van der Waals surface area contributed by atoms with Gasteiger partial charge >= 0.3 is 0 Å². The van der Waals surface area contributed by atoms with E-state index in [1.54, 1.807) is 0 Å². The maximum absolute atomic E-state index is 5.43. The fourth-order valence-electron chi connectivity index (χ4n) is 1.09. The maximum atomic E-state index is 5.43. The molecule has 0 saturated carbocycles.